The fraction of sp³-hybridized carbons (Fsp3) is 0.111. The number of aliphatic imine (C=N–C) groups is 1. The van der Waals surface area contributed by atoms with Crippen LogP contribution < -0.4 is 10.0 Å². The predicted octanol–water partition coefficient (Wildman–Crippen LogP) is 2.27. The molecule has 0 spiro atoms. The summed E-state index contributed by atoms with van der Waals surface area (Å²) in [6.07, 6.45) is 3.50. The molecule has 3 heterocycles. The van der Waals surface area contributed by atoms with Gasteiger partial charge in [-0.3, -0.25) is 19.5 Å². The molecule has 0 radical (unpaired) electrons. The van der Waals surface area contributed by atoms with E-state index in [1.54, 1.807) is 30.6 Å². The van der Waals surface area contributed by atoms with Crippen LogP contribution in [0.3, 0.4) is 0 Å². The molecule has 0 atom stereocenters. The molecular weight excluding hydrogens is 398 g/mol. The minimum atomic E-state index is -3.57. The van der Waals surface area contributed by atoms with Crippen LogP contribution in [0.5, 0.6) is 0 Å². The first-order valence-corrected chi connectivity index (χ1v) is 10.7. The van der Waals surface area contributed by atoms with Crippen molar-refractivity contribution in [3.05, 3.63) is 59.7 Å². The van der Waals surface area contributed by atoms with Crippen molar-refractivity contribution in [1.29, 1.82) is 0 Å². The molecule has 2 N–H and O–H groups in total. The maximum Gasteiger partial charge on any atom is 0.263 e. The Bertz CT molecular complexity index is 1160. The topological polar surface area (TPSA) is 113 Å². The highest BCUT2D eigenvalue weighted by Gasteiger charge is 2.29. The second-order valence-electron chi connectivity index (χ2n) is 5.91. The van der Waals surface area contributed by atoms with Gasteiger partial charge in [0.15, 0.2) is 5.13 Å². The van der Waals surface area contributed by atoms with E-state index in [9.17, 15) is 13.2 Å². The molecule has 28 heavy (non-hydrogen) atoms. The number of fused-ring (bicyclic) bond motifs is 1. The van der Waals surface area contributed by atoms with Gasteiger partial charge in [0.1, 0.15) is 5.84 Å². The second kappa shape index (κ2) is 7.49. The summed E-state index contributed by atoms with van der Waals surface area (Å²) in [5, 5.41) is 5.07. The summed E-state index contributed by atoms with van der Waals surface area (Å²) in [6.45, 7) is 0.152. The number of hydrogen-bond acceptors (Lipinski definition) is 7. The number of aromatic nitrogens is 2. The standard InChI is InChI=1S/C18H15N5O3S2/c24-16(22-18-21-14(11-27-18)12-4-3-8-19-10-12)7-9-20-17-13-5-1-2-6-15(13)28(25,26)23-17/h1-6,8,10-11H,7,9H2,(H,20,23)(H,21,22,24). The number of rotatable bonds is 5. The summed E-state index contributed by atoms with van der Waals surface area (Å²) >= 11 is 1.32. The summed E-state index contributed by atoms with van der Waals surface area (Å²) in [5.74, 6) is 0.0158. The minimum Gasteiger partial charge on any atom is -0.302 e. The van der Waals surface area contributed by atoms with Crippen LogP contribution in [0.2, 0.25) is 0 Å². The molecule has 1 aliphatic rings. The highest BCUT2D eigenvalue weighted by atomic mass is 32.2. The number of thiazole rings is 1. The number of carbonyl (C=O) groups is 1. The molecule has 1 aliphatic heterocycles. The summed E-state index contributed by atoms with van der Waals surface area (Å²) in [7, 11) is -3.57. The van der Waals surface area contributed by atoms with Crippen LogP contribution in [-0.4, -0.2) is 36.7 Å². The molecule has 0 saturated heterocycles. The molecule has 10 heteroatoms. The van der Waals surface area contributed by atoms with Crippen LogP contribution >= 0.6 is 11.3 Å². The van der Waals surface area contributed by atoms with E-state index in [0.717, 1.165) is 11.3 Å². The van der Waals surface area contributed by atoms with Crippen LogP contribution in [0.4, 0.5) is 5.13 Å². The minimum absolute atomic E-state index is 0.106. The molecular formula is C18H15N5O3S2. The lowest BCUT2D eigenvalue weighted by Gasteiger charge is -2.01. The average Bonchev–Trinajstić information content (AvgIpc) is 3.25. The van der Waals surface area contributed by atoms with E-state index in [1.807, 2.05) is 17.5 Å². The fourth-order valence-corrected chi connectivity index (χ4v) is 4.67. The summed E-state index contributed by atoms with van der Waals surface area (Å²) in [6, 6.07) is 10.3. The van der Waals surface area contributed by atoms with Crippen LogP contribution in [0, 0.1) is 0 Å². The van der Waals surface area contributed by atoms with Crippen LogP contribution in [0.15, 0.2) is 64.1 Å². The first-order chi connectivity index (χ1) is 13.5. The van der Waals surface area contributed by atoms with E-state index in [0.29, 0.717) is 10.7 Å². The Morgan fingerprint density at radius 2 is 2.07 bits per heavy atom. The molecule has 0 fully saturated rings. The maximum absolute atomic E-state index is 12.1. The van der Waals surface area contributed by atoms with Gasteiger partial charge in [0.2, 0.25) is 5.91 Å². The zero-order chi connectivity index (χ0) is 19.6. The third-order valence-corrected chi connectivity index (χ3v) is 6.13. The molecule has 1 aromatic carbocycles. The zero-order valence-corrected chi connectivity index (χ0v) is 16.1. The zero-order valence-electron chi connectivity index (χ0n) is 14.5. The molecule has 0 aliphatic carbocycles. The van der Waals surface area contributed by atoms with E-state index in [2.05, 4.69) is 25.0 Å². The lowest BCUT2D eigenvalue weighted by molar-refractivity contribution is -0.116. The molecule has 0 bridgehead atoms. The summed E-state index contributed by atoms with van der Waals surface area (Å²) < 4.78 is 26.5. The van der Waals surface area contributed by atoms with Gasteiger partial charge >= 0.3 is 0 Å². The van der Waals surface area contributed by atoms with Crippen molar-refractivity contribution in [2.45, 2.75) is 11.3 Å². The van der Waals surface area contributed by atoms with Crippen molar-refractivity contribution in [3.63, 3.8) is 0 Å². The van der Waals surface area contributed by atoms with Crippen molar-refractivity contribution in [2.75, 3.05) is 11.9 Å². The van der Waals surface area contributed by atoms with E-state index >= 15 is 0 Å². The van der Waals surface area contributed by atoms with Crippen molar-refractivity contribution in [1.82, 2.24) is 14.7 Å². The van der Waals surface area contributed by atoms with Crippen LogP contribution in [0.25, 0.3) is 11.3 Å². The number of pyridine rings is 1. The van der Waals surface area contributed by atoms with E-state index in [4.69, 9.17) is 0 Å². The van der Waals surface area contributed by atoms with Gasteiger partial charge < -0.3 is 5.32 Å². The average molecular weight is 413 g/mol. The van der Waals surface area contributed by atoms with Gasteiger partial charge in [-0.2, -0.15) is 0 Å². The Morgan fingerprint density at radius 3 is 2.89 bits per heavy atom. The molecule has 0 unspecified atom stereocenters. The van der Waals surface area contributed by atoms with E-state index < -0.39 is 10.0 Å². The number of anilines is 1. The fourth-order valence-electron chi connectivity index (χ4n) is 2.68. The lowest BCUT2D eigenvalue weighted by Crippen LogP contribution is -2.23. The van der Waals surface area contributed by atoms with Crippen molar-refractivity contribution < 1.29 is 13.2 Å². The second-order valence-corrected chi connectivity index (χ2v) is 8.42. The highest BCUT2D eigenvalue weighted by Crippen LogP contribution is 2.24. The lowest BCUT2D eigenvalue weighted by atomic mass is 10.2. The molecule has 2 aromatic heterocycles. The smallest absolute Gasteiger partial charge is 0.263 e. The van der Waals surface area contributed by atoms with Crippen molar-refractivity contribution >= 4 is 38.2 Å². The Hall–Kier alpha value is -3.11. The van der Waals surface area contributed by atoms with Crippen LogP contribution in [0.1, 0.15) is 12.0 Å². The SMILES string of the molecule is O=C(CCN=C1NS(=O)(=O)c2ccccc21)Nc1nc(-c2cccnc2)cs1. The maximum atomic E-state index is 12.1. The third kappa shape index (κ3) is 3.78. The van der Waals surface area contributed by atoms with E-state index in [1.165, 1.54) is 17.4 Å². The Morgan fingerprint density at radius 1 is 1.21 bits per heavy atom. The number of nitrogens with one attached hydrogen (secondary N) is 2. The van der Waals surface area contributed by atoms with E-state index in [-0.39, 0.29) is 29.6 Å². The Balaban J connectivity index is 1.37. The molecule has 4 rings (SSSR count). The number of benzene rings is 1. The van der Waals surface area contributed by atoms with Gasteiger partial charge in [0, 0.05) is 35.3 Å². The molecule has 3 aromatic rings. The number of sulfonamides is 1. The third-order valence-electron chi connectivity index (χ3n) is 3.98. The van der Waals surface area contributed by atoms with Crippen molar-refractivity contribution in [3.8, 4) is 11.3 Å². The first kappa shape index (κ1) is 18.3. The normalized spacial score (nSPS) is 15.8. The number of amides is 1. The predicted molar refractivity (Wildman–Crippen MR) is 107 cm³/mol. The van der Waals surface area contributed by atoms with Gasteiger partial charge in [-0.1, -0.05) is 12.1 Å². The Kier molecular flexibility index (Phi) is 4.88. The summed E-state index contributed by atoms with van der Waals surface area (Å²) in [5.41, 5.74) is 2.13. The summed E-state index contributed by atoms with van der Waals surface area (Å²) in [4.78, 5) is 25.0. The van der Waals surface area contributed by atoms with Crippen LogP contribution in [-0.2, 0) is 14.8 Å². The van der Waals surface area contributed by atoms with Gasteiger partial charge in [-0.05, 0) is 24.3 Å². The first-order valence-electron chi connectivity index (χ1n) is 8.35. The van der Waals surface area contributed by atoms with Gasteiger partial charge in [0.25, 0.3) is 10.0 Å². The number of hydrogen-bond donors (Lipinski definition) is 2. The van der Waals surface area contributed by atoms with Gasteiger partial charge in [-0.15, -0.1) is 11.3 Å². The highest BCUT2D eigenvalue weighted by molar-refractivity contribution is 7.90. The molecule has 142 valence electrons. The van der Waals surface area contributed by atoms with Crippen molar-refractivity contribution in [2.24, 2.45) is 4.99 Å². The number of carbonyl (C=O) groups excluding carboxylic acids is 1. The number of nitrogens with zero attached hydrogens (tertiary/aromatic N) is 3. The Labute approximate surface area is 165 Å². The largest absolute Gasteiger partial charge is 0.302 e. The van der Waals surface area contributed by atoms with Gasteiger partial charge in [0.05, 0.1) is 17.1 Å². The number of amidine groups is 1. The monoisotopic (exact) mass is 413 g/mol. The molecule has 0 saturated carbocycles. The molecule has 1 amide bonds. The molecule has 8 nitrogen and oxygen atoms in total. The van der Waals surface area contributed by atoms with Gasteiger partial charge in [-0.25, -0.2) is 13.4 Å². The quantitative estimate of drug-likeness (QED) is 0.666.